The van der Waals surface area contributed by atoms with E-state index in [9.17, 15) is 14.0 Å². The first kappa shape index (κ1) is 29.2. The van der Waals surface area contributed by atoms with E-state index in [-0.39, 0.29) is 35.9 Å². The van der Waals surface area contributed by atoms with Gasteiger partial charge in [-0.05, 0) is 65.6 Å². The molecule has 1 aliphatic carbocycles. The minimum atomic E-state index is -0.323. The van der Waals surface area contributed by atoms with Crippen LogP contribution in [0.5, 0.6) is 0 Å². The summed E-state index contributed by atoms with van der Waals surface area (Å²) in [5.74, 6) is 0.881. The van der Waals surface area contributed by atoms with Crippen LogP contribution in [0.3, 0.4) is 0 Å². The highest BCUT2D eigenvalue weighted by Crippen LogP contribution is 2.31. The number of carbonyl (C=O) groups is 2. The summed E-state index contributed by atoms with van der Waals surface area (Å²) in [6.45, 7) is 2.55. The van der Waals surface area contributed by atoms with Crippen molar-refractivity contribution in [2.45, 2.75) is 63.5 Å². The highest BCUT2D eigenvalue weighted by atomic mass is 19.1. The molecular weight excluding hydrogens is 543 g/mol. The van der Waals surface area contributed by atoms with Crippen LogP contribution in [0.4, 0.5) is 4.39 Å². The Kier molecular flexibility index (Phi) is 8.68. The van der Waals surface area contributed by atoms with Gasteiger partial charge in [0.1, 0.15) is 17.1 Å². The molecule has 1 fully saturated rings. The second-order valence-corrected chi connectivity index (χ2v) is 12.0. The normalized spacial score (nSPS) is 17.4. The Hall–Kier alpha value is -3.88. The number of likely N-dealkylation sites (tertiary alicyclic amines) is 1. The molecule has 0 unspecified atom stereocenters. The zero-order chi connectivity index (χ0) is 29.9. The predicted molar refractivity (Wildman–Crippen MR) is 165 cm³/mol. The van der Waals surface area contributed by atoms with Crippen molar-refractivity contribution in [3.63, 3.8) is 0 Å². The lowest BCUT2D eigenvalue weighted by Crippen LogP contribution is -2.42. The number of amides is 1. The van der Waals surface area contributed by atoms with Crippen LogP contribution in [0.2, 0.25) is 0 Å². The van der Waals surface area contributed by atoms with Gasteiger partial charge in [-0.1, -0.05) is 48.5 Å². The molecular formula is C35H39FN4O3. The number of Topliss-reactive ketones (excluding diaryl/α,β-unsaturated/α-hetero) is 1. The molecule has 0 bridgehead atoms. The first-order valence-electron chi connectivity index (χ1n) is 15.3. The van der Waals surface area contributed by atoms with Crippen molar-refractivity contribution in [2.24, 2.45) is 5.73 Å². The first-order chi connectivity index (χ1) is 20.9. The van der Waals surface area contributed by atoms with E-state index in [1.807, 2.05) is 11.0 Å². The number of ketones is 1. The summed E-state index contributed by atoms with van der Waals surface area (Å²) in [4.78, 5) is 31.8. The first-order valence-corrected chi connectivity index (χ1v) is 15.3. The van der Waals surface area contributed by atoms with Gasteiger partial charge in [-0.25, -0.2) is 9.37 Å². The minimum absolute atomic E-state index is 0.0353. The third-order valence-corrected chi connectivity index (χ3v) is 8.83. The average molecular weight is 583 g/mol. The van der Waals surface area contributed by atoms with Gasteiger partial charge in [0.05, 0.1) is 5.52 Å². The van der Waals surface area contributed by atoms with Gasteiger partial charge < -0.3 is 19.9 Å². The molecule has 43 heavy (non-hydrogen) atoms. The lowest BCUT2D eigenvalue weighted by atomic mass is 9.95. The number of hydrogen-bond acceptors (Lipinski definition) is 5. The number of ether oxygens (including phenoxy) is 1. The third-order valence-electron chi connectivity index (χ3n) is 8.83. The number of halogens is 1. The van der Waals surface area contributed by atoms with Gasteiger partial charge in [-0.2, -0.15) is 0 Å². The average Bonchev–Trinajstić information content (AvgIpc) is 3.57. The smallest absolute Gasteiger partial charge is 0.224 e. The molecule has 1 aromatic heterocycles. The fourth-order valence-electron chi connectivity index (χ4n) is 6.65. The van der Waals surface area contributed by atoms with Crippen molar-refractivity contribution in [3.8, 4) is 11.1 Å². The zero-order valence-corrected chi connectivity index (χ0v) is 24.7. The van der Waals surface area contributed by atoms with Crippen LogP contribution < -0.4 is 5.73 Å². The number of nitrogens with zero attached hydrogens (tertiary/aromatic N) is 3. The Morgan fingerprint density at radius 2 is 1.88 bits per heavy atom. The van der Waals surface area contributed by atoms with E-state index in [1.165, 1.54) is 6.07 Å². The maximum absolute atomic E-state index is 14.6. The van der Waals surface area contributed by atoms with Gasteiger partial charge in [0.25, 0.3) is 0 Å². The van der Waals surface area contributed by atoms with Crippen LogP contribution in [-0.2, 0) is 40.1 Å². The summed E-state index contributed by atoms with van der Waals surface area (Å²) in [6.07, 6.45) is 4.51. The van der Waals surface area contributed by atoms with E-state index in [0.29, 0.717) is 51.0 Å². The third kappa shape index (κ3) is 6.40. The summed E-state index contributed by atoms with van der Waals surface area (Å²) in [7, 11) is 1.68. The van der Waals surface area contributed by atoms with Crippen LogP contribution in [0.15, 0.2) is 60.7 Å². The van der Waals surface area contributed by atoms with E-state index in [2.05, 4.69) is 47.0 Å². The monoisotopic (exact) mass is 582 g/mol. The highest BCUT2D eigenvalue weighted by Gasteiger charge is 2.30. The zero-order valence-electron chi connectivity index (χ0n) is 24.7. The van der Waals surface area contributed by atoms with Gasteiger partial charge in [0, 0.05) is 64.6 Å². The van der Waals surface area contributed by atoms with Crippen molar-refractivity contribution in [2.75, 3.05) is 26.8 Å². The number of methoxy groups -OCH3 is 1. The number of aromatic nitrogens is 2. The largest absolute Gasteiger partial charge is 0.385 e. The number of rotatable bonds is 10. The minimum Gasteiger partial charge on any atom is -0.385 e. The SMILES string of the molecule is COCCCn1c([C@@H]2CCCN(C(=O)C[C@H](N)Cc3ccc(-c4ccc5c(c4)CC(=O)C5)cc3)C2)nc2c(F)cccc21. The van der Waals surface area contributed by atoms with Crippen molar-refractivity contribution in [3.05, 3.63) is 89.0 Å². The van der Waals surface area contributed by atoms with Gasteiger partial charge in [0.2, 0.25) is 5.91 Å². The van der Waals surface area contributed by atoms with Gasteiger partial charge in [-0.3, -0.25) is 9.59 Å². The summed E-state index contributed by atoms with van der Waals surface area (Å²) in [6, 6.07) is 19.3. The number of piperidine rings is 1. The molecule has 7 nitrogen and oxygen atoms in total. The Bertz CT molecular complexity index is 1630. The summed E-state index contributed by atoms with van der Waals surface area (Å²) in [5, 5.41) is 0. The molecule has 4 aromatic rings. The van der Waals surface area contributed by atoms with E-state index in [0.717, 1.165) is 58.4 Å². The molecule has 1 saturated heterocycles. The summed E-state index contributed by atoms with van der Waals surface area (Å²) in [5.41, 5.74) is 13.2. The maximum Gasteiger partial charge on any atom is 0.224 e. The quantitative estimate of drug-likeness (QED) is 0.259. The van der Waals surface area contributed by atoms with Crippen LogP contribution in [0.25, 0.3) is 22.2 Å². The van der Waals surface area contributed by atoms with E-state index >= 15 is 0 Å². The van der Waals surface area contributed by atoms with Crippen LogP contribution in [0, 0.1) is 5.82 Å². The molecule has 1 amide bonds. The fraction of sp³-hybridized carbons (Fsp3) is 0.400. The van der Waals surface area contributed by atoms with Crippen molar-refractivity contribution in [1.82, 2.24) is 14.5 Å². The predicted octanol–water partition coefficient (Wildman–Crippen LogP) is 5.21. The number of fused-ring (bicyclic) bond motifs is 2. The molecule has 6 rings (SSSR count). The summed E-state index contributed by atoms with van der Waals surface area (Å²) < 4.78 is 22.0. The molecule has 2 N–H and O–H groups in total. The molecule has 2 heterocycles. The van der Waals surface area contributed by atoms with Crippen LogP contribution in [0.1, 0.15) is 54.1 Å². The van der Waals surface area contributed by atoms with Crippen LogP contribution >= 0.6 is 0 Å². The molecule has 2 aliphatic rings. The Labute approximate surface area is 251 Å². The number of para-hydroxylation sites is 1. The standard InChI is InChI=1S/C35H39FN4O3/c1-43-16-4-15-40-32-7-2-6-31(36)34(32)38-35(40)27-5-3-14-39(22-27)33(42)21-29(37)17-23-8-10-24(11-9-23)25-12-13-26-19-30(41)20-28(26)18-25/h2,6-13,18,27,29H,3-5,14-17,19-22,37H2,1H3/t27-,29-/m1/s1. The maximum atomic E-state index is 14.6. The fourth-order valence-corrected chi connectivity index (χ4v) is 6.65. The number of nitrogens with two attached hydrogens (primary N) is 1. The Morgan fingerprint density at radius 3 is 2.70 bits per heavy atom. The van der Waals surface area contributed by atoms with Gasteiger partial charge >= 0.3 is 0 Å². The highest BCUT2D eigenvalue weighted by molar-refractivity contribution is 5.88. The van der Waals surface area contributed by atoms with Crippen LogP contribution in [-0.4, -0.2) is 59.0 Å². The summed E-state index contributed by atoms with van der Waals surface area (Å²) >= 11 is 0. The number of carbonyl (C=O) groups excluding carboxylic acids is 2. The molecule has 0 radical (unpaired) electrons. The Morgan fingerprint density at radius 1 is 1.09 bits per heavy atom. The molecule has 0 spiro atoms. The van der Waals surface area contributed by atoms with E-state index in [1.54, 1.807) is 13.2 Å². The lowest BCUT2D eigenvalue weighted by molar-refractivity contribution is -0.132. The topological polar surface area (TPSA) is 90.5 Å². The number of hydrogen-bond donors (Lipinski definition) is 1. The van der Waals surface area contributed by atoms with Gasteiger partial charge in [0.15, 0.2) is 5.82 Å². The van der Waals surface area contributed by atoms with Crippen molar-refractivity contribution < 1.29 is 18.7 Å². The van der Waals surface area contributed by atoms with E-state index in [4.69, 9.17) is 15.5 Å². The second-order valence-electron chi connectivity index (χ2n) is 12.0. The van der Waals surface area contributed by atoms with Crippen molar-refractivity contribution >= 4 is 22.7 Å². The molecule has 1 aliphatic heterocycles. The lowest BCUT2D eigenvalue weighted by Gasteiger charge is -2.33. The molecule has 224 valence electrons. The molecule has 0 saturated carbocycles. The second kappa shape index (κ2) is 12.8. The number of aryl methyl sites for hydroxylation is 1. The number of imidazole rings is 1. The Balaban J connectivity index is 1.08. The van der Waals surface area contributed by atoms with Crippen molar-refractivity contribution in [1.29, 1.82) is 0 Å². The molecule has 8 heteroatoms. The van der Waals surface area contributed by atoms with Gasteiger partial charge in [-0.15, -0.1) is 0 Å². The molecule has 3 aromatic carbocycles. The molecule has 2 atom stereocenters. The van der Waals surface area contributed by atoms with E-state index < -0.39 is 0 Å². The number of benzene rings is 3.